The van der Waals surface area contributed by atoms with Crippen molar-refractivity contribution in [2.24, 2.45) is 5.73 Å². The molecule has 0 saturated carbocycles. The number of hydrogen-bond acceptors (Lipinski definition) is 2. The summed E-state index contributed by atoms with van der Waals surface area (Å²) in [7, 11) is 0. The zero-order chi connectivity index (χ0) is 13.1. The zero-order valence-electron chi connectivity index (χ0n) is 9.28. The molecule has 0 fully saturated rings. The van der Waals surface area contributed by atoms with Crippen molar-refractivity contribution in [1.29, 1.82) is 0 Å². The largest absolute Gasteiger partial charge is 0.389 e. The number of nitrogens with one attached hydrogen (secondary N) is 1. The standard InChI is InChI=1S/C13H10ClFN2S/c14-8-5-6-9(13(16)18)12(7-8)17-11-4-2-1-3-10(11)15/h1-7,17H,(H2,16,18). The van der Waals surface area contributed by atoms with Crippen LogP contribution in [0.15, 0.2) is 42.5 Å². The lowest BCUT2D eigenvalue weighted by Gasteiger charge is -2.12. The van der Waals surface area contributed by atoms with Gasteiger partial charge in [0.05, 0.1) is 11.4 Å². The molecule has 2 rings (SSSR count). The van der Waals surface area contributed by atoms with Crippen molar-refractivity contribution in [2.45, 2.75) is 0 Å². The Balaban J connectivity index is 2.42. The molecule has 0 unspecified atom stereocenters. The Morgan fingerprint density at radius 1 is 1.17 bits per heavy atom. The van der Waals surface area contributed by atoms with Crippen LogP contribution in [0.4, 0.5) is 15.8 Å². The lowest BCUT2D eigenvalue weighted by molar-refractivity contribution is 0.632. The van der Waals surface area contributed by atoms with Crippen LogP contribution in [-0.4, -0.2) is 4.99 Å². The molecule has 2 aromatic rings. The number of para-hydroxylation sites is 1. The van der Waals surface area contributed by atoms with E-state index in [0.29, 0.717) is 22.0 Å². The van der Waals surface area contributed by atoms with Crippen molar-refractivity contribution in [3.63, 3.8) is 0 Å². The maximum atomic E-state index is 13.5. The van der Waals surface area contributed by atoms with Crippen molar-refractivity contribution >= 4 is 40.2 Å². The number of nitrogens with two attached hydrogens (primary N) is 1. The Labute approximate surface area is 115 Å². The maximum absolute atomic E-state index is 13.5. The van der Waals surface area contributed by atoms with E-state index in [-0.39, 0.29) is 10.8 Å². The second-order valence-corrected chi connectivity index (χ2v) is 4.54. The molecule has 92 valence electrons. The smallest absolute Gasteiger partial charge is 0.146 e. The Morgan fingerprint density at radius 3 is 2.56 bits per heavy atom. The molecule has 0 bridgehead atoms. The predicted molar refractivity (Wildman–Crippen MR) is 77.0 cm³/mol. The molecule has 2 nitrogen and oxygen atoms in total. The Kier molecular flexibility index (Phi) is 3.79. The number of benzene rings is 2. The average molecular weight is 281 g/mol. The lowest BCUT2D eigenvalue weighted by atomic mass is 10.1. The molecular formula is C13H10ClFN2S. The van der Waals surface area contributed by atoms with Crippen molar-refractivity contribution in [2.75, 3.05) is 5.32 Å². The first kappa shape index (κ1) is 12.8. The van der Waals surface area contributed by atoms with Gasteiger partial charge in [-0.3, -0.25) is 0 Å². The molecular weight excluding hydrogens is 271 g/mol. The molecule has 2 aromatic carbocycles. The predicted octanol–water partition coefficient (Wildman–Crippen LogP) is 3.86. The van der Waals surface area contributed by atoms with E-state index in [2.05, 4.69) is 5.32 Å². The molecule has 0 spiro atoms. The fourth-order valence-corrected chi connectivity index (χ4v) is 1.89. The van der Waals surface area contributed by atoms with Crippen LogP contribution in [-0.2, 0) is 0 Å². The number of thiocarbonyl (C=S) groups is 1. The molecule has 0 aromatic heterocycles. The summed E-state index contributed by atoms with van der Waals surface area (Å²) in [4.78, 5) is 0.227. The van der Waals surface area contributed by atoms with E-state index in [9.17, 15) is 4.39 Å². The van der Waals surface area contributed by atoms with Gasteiger partial charge in [-0.25, -0.2) is 4.39 Å². The van der Waals surface area contributed by atoms with E-state index in [4.69, 9.17) is 29.6 Å². The van der Waals surface area contributed by atoms with E-state index in [1.54, 1.807) is 36.4 Å². The van der Waals surface area contributed by atoms with E-state index in [1.807, 2.05) is 0 Å². The van der Waals surface area contributed by atoms with Gasteiger partial charge in [0.15, 0.2) is 0 Å². The third kappa shape index (κ3) is 2.78. The quantitative estimate of drug-likeness (QED) is 0.839. The SMILES string of the molecule is NC(=S)c1ccc(Cl)cc1Nc1ccccc1F. The summed E-state index contributed by atoms with van der Waals surface area (Å²) < 4.78 is 13.5. The van der Waals surface area contributed by atoms with Gasteiger partial charge in [-0.05, 0) is 30.3 Å². The van der Waals surface area contributed by atoms with E-state index in [1.165, 1.54) is 6.07 Å². The van der Waals surface area contributed by atoms with Crippen LogP contribution in [0.2, 0.25) is 5.02 Å². The zero-order valence-corrected chi connectivity index (χ0v) is 10.9. The molecule has 0 amide bonds. The summed E-state index contributed by atoms with van der Waals surface area (Å²) in [5.41, 5.74) is 7.16. The van der Waals surface area contributed by atoms with Gasteiger partial charge in [0.2, 0.25) is 0 Å². The molecule has 3 N–H and O–H groups in total. The molecule has 18 heavy (non-hydrogen) atoms. The Morgan fingerprint density at radius 2 is 1.89 bits per heavy atom. The number of hydrogen-bond donors (Lipinski definition) is 2. The molecule has 0 radical (unpaired) electrons. The van der Waals surface area contributed by atoms with E-state index < -0.39 is 0 Å². The molecule has 0 aliphatic heterocycles. The van der Waals surface area contributed by atoms with Gasteiger partial charge in [0.25, 0.3) is 0 Å². The first-order chi connectivity index (χ1) is 8.58. The molecule has 0 atom stereocenters. The lowest BCUT2D eigenvalue weighted by Crippen LogP contribution is -2.12. The summed E-state index contributed by atoms with van der Waals surface area (Å²) >= 11 is 10.9. The summed E-state index contributed by atoms with van der Waals surface area (Å²) in [6.45, 7) is 0. The highest BCUT2D eigenvalue weighted by Crippen LogP contribution is 2.26. The minimum Gasteiger partial charge on any atom is -0.389 e. The number of rotatable bonds is 3. The van der Waals surface area contributed by atoms with Crippen LogP contribution in [0, 0.1) is 5.82 Å². The van der Waals surface area contributed by atoms with Gasteiger partial charge < -0.3 is 11.1 Å². The van der Waals surface area contributed by atoms with Gasteiger partial charge >= 0.3 is 0 Å². The van der Waals surface area contributed by atoms with Crippen LogP contribution in [0.3, 0.4) is 0 Å². The summed E-state index contributed by atoms with van der Waals surface area (Å²) in [5.74, 6) is -0.355. The van der Waals surface area contributed by atoms with Crippen LogP contribution in [0.5, 0.6) is 0 Å². The Bertz CT molecular complexity index is 601. The van der Waals surface area contributed by atoms with Crippen molar-refractivity contribution < 1.29 is 4.39 Å². The second-order valence-electron chi connectivity index (χ2n) is 3.66. The molecule has 0 aliphatic rings. The normalized spacial score (nSPS) is 10.1. The van der Waals surface area contributed by atoms with Gasteiger partial charge in [0, 0.05) is 10.6 Å². The van der Waals surface area contributed by atoms with Crippen molar-refractivity contribution in [1.82, 2.24) is 0 Å². The van der Waals surface area contributed by atoms with Crippen LogP contribution in [0.1, 0.15) is 5.56 Å². The van der Waals surface area contributed by atoms with Crippen molar-refractivity contribution in [3.8, 4) is 0 Å². The fraction of sp³-hybridized carbons (Fsp3) is 0. The minimum absolute atomic E-state index is 0.227. The van der Waals surface area contributed by atoms with Gasteiger partial charge in [-0.1, -0.05) is 36.0 Å². The summed E-state index contributed by atoms with van der Waals surface area (Å²) in [6, 6.07) is 11.4. The highest BCUT2D eigenvalue weighted by Gasteiger charge is 2.08. The van der Waals surface area contributed by atoms with Crippen molar-refractivity contribution in [3.05, 3.63) is 58.9 Å². The summed E-state index contributed by atoms with van der Waals surface area (Å²) in [5, 5.41) is 3.46. The second kappa shape index (κ2) is 5.33. The summed E-state index contributed by atoms with van der Waals surface area (Å²) in [6.07, 6.45) is 0. The van der Waals surface area contributed by atoms with Gasteiger partial charge in [-0.15, -0.1) is 0 Å². The Hall–Kier alpha value is -1.65. The molecule has 0 heterocycles. The fourth-order valence-electron chi connectivity index (χ4n) is 1.54. The molecule has 0 aliphatic carbocycles. The first-order valence-corrected chi connectivity index (χ1v) is 5.97. The van der Waals surface area contributed by atoms with Crippen LogP contribution in [0.25, 0.3) is 0 Å². The third-order valence-corrected chi connectivity index (χ3v) is 2.85. The van der Waals surface area contributed by atoms with E-state index >= 15 is 0 Å². The monoisotopic (exact) mass is 280 g/mol. The topological polar surface area (TPSA) is 38.0 Å². The highest BCUT2D eigenvalue weighted by molar-refractivity contribution is 7.80. The molecule has 5 heteroatoms. The van der Waals surface area contributed by atoms with Crippen LogP contribution >= 0.6 is 23.8 Å². The van der Waals surface area contributed by atoms with Gasteiger partial charge in [-0.2, -0.15) is 0 Å². The number of anilines is 2. The highest BCUT2D eigenvalue weighted by atomic mass is 35.5. The average Bonchev–Trinajstić information content (AvgIpc) is 2.32. The first-order valence-electron chi connectivity index (χ1n) is 5.19. The van der Waals surface area contributed by atoms with E-state index in [0.717, 1.165) is 0 Å². The maximum Gasteiger partial charge on any atom is 0.146 e. The third-order valence-electron chi connectivity index (χ3n) is 2.39. The number of halogens is 2. The molecule has 0 saturated heterocycles. The van der Waals surface area contributed by atoms with Crippen LogP contribution < -0.4 is 11.1 Å². The van der Waals surface area contributed by atoms with Gasteiger partial charge in [0.1, 0.15) is 10.8 Å². The minimum atomic E-state index is -0.355.